The van der Waals surface area contributed by atoms with Gasteiger partial charge in [-0.2, -0.15) is 4.98 Å². The molecule has 170 valence electrons. The summed E-state index contributed by atoms with van der Waals surface area (Å²) in [6.45, 7) is 0. The lowest BCUT2D eigenvalue weighted by Gasteiger charge is -2.20. The van der Waals surface area contributed by atoms with E-state index in [1.807, 2.05) is 84.9 Å². The smallest absolute Gasteiger partial charge is 0.258 e. The summed E-state index contributed by atoms with van der Waals surface area (Å²) in [6.07, 6.45) is 2.78. The van der Waals surface area contributed by atoms with Gasteiger partial charge in [0, 0.05) is 24.6 Å². The van der Waals surface area contributed by atoms with Crippen LogP contribution in [0.2, 0.25) is 0 Å². The number of carbonyl (C=O) groups excluding carboxylic acids is 1. The van der Waals surface area contributed by atoms with Gasteiger partial charge in [-0.1, -0.05) is 78.0 Å². The molecule has 1 unspecified atom stereocenters. The van der Waals surface area contributed by atoms with Gasteiger partial charge in [-0.3, -0.25) is 15.1 Å². The molecule has 1 amide bonds. The molecule has 1 atom stereocenters. The van der Waals surface area contributed by atoms with E-state index in [1.165, 1.54) is 7.11 Å². The quantitative estimate of drug-likeness (QED) is 0.402. The molecule has 0 radical (unpaired) electrons. The fourth-order valence-electron chi connectivity index (χ4n) is 4.06. The van der Waals surface area contributed by atoms with Crippen LogP contribution in [0.5, 0.6) is 0 Å². The van der Waals surface area contributed by atoms with Crippen molar-refractivity contribution in [2.24, 2.45) is 0 Å². The van der Waals surface area contributed by atoms with Crippen molar-refractivity contribution in [2.45, 2.75) is 18.9 Å². The molecule has 1 aliphatic heterocycles. The second-order valence-corrected chi connectivity index (χ2v) is 8.05. The maximum atomic E-state index is 13.4. The number of hydroxylamine groups is 1. The Morgan fingerprint density at radius 2 is 1.68 bits per heavy atom. The Morgan fingerprint density at radius 1 is 1.00 bits per heavy atom. The first-order valence-corrected chi connectivity index (χ1v) is 11.1. The number of nitrogens with one attached hydrogen (secondary N) is 1. The summed E-state index contributed by atoms with van der Waals surface area (Å²) in [7, 11) is 1.54. The van der Waals surface area contributed by atoms with E-state index in [-0.39, 0.29) is 5.91 Å². The SMILES string of the molecule is CONC1=CN(C(=O)c2ccc(-c3ccccc3)cc2)C(c2nc(Cc3ccccc3)no2)C1. The van der Waals surface area contributed by atoms with E-state index in [1.54, 1.807) is 11.1 Å². The number of aromatic nitrogens is 2. The van der Waals surface area contributed by atoms with Gasteiger partial charge >= 0.3 is 0 Å². The summed E-state index contributed by atoms with van der Waals surface area (Å²) in [5.74, 6) is 0.818. The predicted octanol–water partition coefficient (Wildman–Crippen LogP) is 4.91. The highest BCUT2D eigenvalue weighted by atomic mass is 16.6. The van der Waals surface area contributed by atoms with Crippen LogP contribution in [0.15, 0.2) is 101 Å². The summed E-state index contributed by atoms with van der Waals surface area (Å²) in [5.41, 5.74) is 7.40. The van der Waals surface area contributed by atoms with Crippen molar-refractivity contribution < 1.29 is 14.2 Å². The molecule has 4 aromatic rings. The first kappa shape index (κ1) is 21.6. The Hall–Kier alpha value is -4.23. The molecule has 0 bridgehead atoms. The van der Waals surface area contributed by atoms with Crippen LogP contribution in [0, 0.1) is 0 Å². The van der Waals surface area contributed by atoms with Gasteiger partial charge in [0.2, 0.25) is 5.89 Å². The van der Waals surface area contributed by atoms with Gasteiger partial charge in [-0.15, -0.1) is 0 Å². The van der Waals surface area contributed by atoms with Gasteiger partial charge in [0.25, 0.3) is 5.91 Å². The van der Waals surface area contributed by atoms with E-state index in [0.717, 1.165) is 22.4 Å². The number of amides is 1. The van der Waals surface area contributed by atoms with Crippen molar-refractivity contribution in [3.63, 3.8) is 0 Å². The minimum absolute atomic E-state index is 0.152. The third kappa shape index (κ3) is 4.60. The predicted molar refractivity (Wildman–Crippen MR) is 127 cm³/mol. The van der Waals surface area contributed by atoms with E-state index in [2.05, 4.69) is 15.6 Å². The summed E-state index contributed by atoms with van der Waals surface area (Å²) in [6, 6.07) is 27.2. The van der Waals surface area contributed by atoms with E-state index >= 15 is 0 Å². The molecule has 1 aromatic heterocycles. The van der Waals surface area contributed by atoms with Gasteiger partial charge in [-0.25, -0.2) is 0 Å². The van der Waals surface area contributed by atoms with E-state index in [9.17, 15) is 4.79 Å². The highest BCUT2D eigenvalue weighted by Gasteiger charge is 2.35. The van der Waals surface area contributed by atoms with Crippen molar-refractivity contribution in [1.82, 2.24) is 20.5 Å². The first-order valence-electron chi connectivity index (χ1n) is 11.1. The van der Waals surface area contributed by atoms with E-state index < -0.39 is 6.04 Å². The van der Waals surface area contributed by atoms with Crippen LogP contribution >= 0.6 is 0 Å². The molecule has 7 heteroatoms. The lowest BCUT2D eigenvalue weighted by molar-refractivity contribution is 0.0760. The van der Waals surface area contributed by atoms with Crippen LogP contribution in [0.1, 0.15) is 40.1 Å². The summed E-state index contributed by atoms with van der Waals surface area (Å²) in [5, 5.41) is 4.14. The second kappa shape index (κ2) is 9.72. The van der Waals surface area contributed by atoms with Crippen LogP contribution in [-0.4, -0.2) is 28.1 Å². The molecule has 5 rings (SSSR count). The molecule has 0 fully saturated rings. The highest BCUT2D eigenvalue weighted by molar-refractivity contribution is 5.96. The fraction of sp³-hybridized carbons (Fsp3) is 0.148. The van der Waals surface area contributed by atoms with Crippen LogP contribution in [-0.2, 0) is 11.3 Å². The molecular formula is C27H24N4O3. The Balaban J connectivity index is 1.38. The van der Waals surface area contributed by atoms with Crippen LogP contribution < -0.4 is 5.48 Å². The zero-order valence-corrected chi connectivity index (χ0v) is 18.7. The Bertz CT molecular complexity index is 1280. The number of carbonyl (C=O) groups is 1. The normalized spacial score (nSPS) is 15.3. The molecule has 2 heterocycles. The molecule has 0 saturated heterocycles. The third-order valence-corrected chi connectivity index (χ3v) is 5.72. The summed E-state index contributed by atoms with van der Waals surface area (Å²) in [4.78, 5) is 24.7. The molecule has 34 heavy (non-hydrogen) atoms. The number of hydrogen-bond donors (Lipinski definition) is 1. The van der Waals surface area contributed by atoms with Gasteiger partial charge in [0.1, 0.15) is 6.04 Å². The Labute approximate surface area is 197 Å². The standard InChI is InChI=1S/C27H24N4O3/c1-33-29-23-17-24(26-28-25(30-34-26)16-19-8-4-2-5-9-19)31(18-23)27(32)22-14-12-21(13-15-22)20-10-6-3-7-11-20/h2-15,18,24,29H,16-17H2,1H3. The van der Waals surface area contributed by atoms with Gasteiger partial charge in [0.05, 0.1) is 12.8 Å². The molecule has 3 aromatic carbocycles. The maximum Gasteiger partial charge on any atom is 0.258 e. The lowest BCUT2D eigenvalue weighted by atomic mass is 10.0. The van der Waals surface area contributed by atoms with Crippen molar-refractivity contribution >= 4 is 5.91 Å². The Morgan fingerprint density at radius 3 is 2.38 bits per heavy atom. The molecule has 7 nitrogen and oxygen atoms in total. The maximum absolute atomic E-state index is 13.4. The largest absolute Gasteiger partial charge is 0.337 e. The lowest BCUT2D eigenvalue weighted by Crippen LogP contribution is -2.27. The minimum atomic E-state index is -0.420. The molecule has 1 aliphatic rings. The average Bonchev–Trinajstić information content (AvgIpc) is 3.52. The zero-order valence-electron chi connectivity index (χ0n) is 18.7. The number of hydrogen-bond acceptors (Lipinski definition) is 6. The molecular weight excluding hydrogens is 428 g/mol. The molecule has 0 saturated carbocycles. The second-order valence-electron chi connectivity index (χ2n) is 8.05. The van der Waals surface area contributed by atoms with Crippen molar-refractivity contribution in [3.8, 4) is 11.1 Å². The minimum Gasteiger partial charge on any atom is -0.337 e. The van der Waals surface area contributed by atoms with Crippen molar-refractivity contribution in [2.75, 3.05) is 7.11 Å². The van der Waals surface area contributed by atoms with E-state index in [0.29, 0.717) is 30.1 Å². The van der Waals surface area contributed by atoms with E-state index in [4.69, 9.17) is 9.36 Å². The number of nitrogens with zero attached hydrogens (tertiary/aromatic N) is 3. The highest BCUT2D eigenvalue weighted by Crippen LogP contribution is 2.34. The number of benzene rings is 3. The van der Waals surface area contributed by atoms with Gasteiger partial charge in [0.15, 0.2) is 5.82 Å². The molecule has 0 spiro atoms. The first-order chi connectivity index (χ1) is 16.7. The van der Waals surface area contributed by atoms with Crippen LogP contribution in [0.25, 0.3) is 11.1 Å². The third-order valence-electron chi connectivity index (χ3n) is 5.72. The van der Waals surface area contributed by atoms with Crippen LogP contribution in [0.3, 0.4) is 0 Å². The van der Waals surface area contributed by atoms with Gasteiger partial charge in [-0.05, 0) is 28.8 Å². The van der Waals surface area contributed by atoms with Crippen molar-refractivity contribution in [1.29, 1.82) is 0 Å². The average molecular weight is 453 g/mol. The summed E-state index contributed by atoms with van der Waals surface area (Å²) >= 11 is 0. The Kier molecular flexibility index (Phi) is 6.18. The monoisotopic (exact) mass is 452 g/mol. The zero-order chi connectivity index (χ0) is 23.3. The topological polar surface area (TPSA) is 80.5 Å². The van der Waals surface area contributed by atoms with Crippen LogP contribution in [0.4, 0.5) is 0 Å². The fourth-order valence-corrected chi connectivity index (χ4v) is 4.06. The molecule has 1 N–H and O–H groups in total. The van der Waals surface area contributed by atoms with Crippen molar-refractivity contribution in [3.05, 3.63) is 120 Å². The molecule has 0 aliphatic carbocycles. The van der Waals surface area contributed by atoms with Gasteiger partial charge < -0.3 is 9.42 Å². The number of rotatable bonds is 7. The summed E-state index contributed by atoms with van der Waals surface area (Å²) < 4.78 is 5.58.